The minimum Gasteiger partial charge on any atom is -0.378 e. The smallest absolute Gasteiger partial charge is 0.266 e. The van der Waals surface area contributed by atoms with Gasteiger partial charge < -0.3 is 4.90 Å². The zero-order valence-corrected chi connectivity index (χ0v) is 16.4. The first-order chi connectivity index (χ1) is 12.5. The molecule has 0 N–H and O–H groups in total. The standard InChI is InChI=1S/C21H23N3OS/c1-5-24-20(25)19(14-16-10-12-17(13-11-16)23(3)4)26-21(24)22-18-9-7-6-8-15(18)2/h6-14H,5H2,1-4H3/b19-14+,22-21?. The Morgan fingerprint density at radius 1 is 1.12 bits per heavy atom. The third-order valence-corrected chi connectivity index (χ3v) is 5.25. The van der Waals surface area contributed by atoms with Crippen LogP contribution in [0.2, 0.25) is 0 Å². The molecule has 2 aromatic carbocycles. The van der Waals surface area contributed by atoms with E-state index in [1.54, 1.807) is 4.90 Å². The second-order valence-corrected chi connectivity index (χ2v) is 7.34. The fraction of sp³-hybridized carbons (Fsp3) is 0.238. The molecule has 134 valence electrons. The molecule has 0 atom stereocenters. The van der Waals surface area contributed by atoms with Crippen molar-refractivity contribution in [2.75, 3.05) is 25.5 Å². The highest BCUT2D eigenvalue weighted by Gasteiger charge is 2.32. The van der Waals surface area contributed by atoms with Crippen LogP contribution in [-0.4, -0.2) is 36.6 Å². The molecule has 5 heteroatoms. The Morgan fingerprint density at radius 3 is 2.42 bits per heavy atom. The number of benzene rings is 2. The number of para-hydroxylation sites is 1. The summed E-state index contributed by atoms with van der Waals surface area (Å²) in [6.45, 7) is 4.61. The van der Waals surface area contributed by atoms with Crippen molar-refractivity contribution in [3.8, 4) is 0 Å². The van der Waals surface area contributed by atoms with Gasteiger partial charge in [-0.15, -0.1) is 0 Å². The zero-order valence-electron chi connectivity index (χ0n) is 15.6. The average molecular weight is 366 g/mol. The van der Waals surface area contributed by atoms with Crippen LogP contribution in [0.15, 0.2) is 58.4 Å². The van der Waals surface area contributed by atoms with Gasteiger partial charge in [-0.1, -0.05) is 30.3 Å². The van der Waals surface area contributed by atoms with E-state index < -0.39 is 0 Å². The molecule has 1 amide bonds. The largest absolute Gasteiger partial charge is 0.378 e. The van der Waals surface area contributed by atoms with Crippen LogP contribution >= 0.6 is 11.8 Å². The van der Waals surface area contributed by atoms with E-state index in [1.807, 2.05) is 70.4 Å². The van der Waals surface area contributed by atoms with Gasteiger partial charge in [-0.2, -0.15) is 0 Å². The Morgan fingerprint density at radius 2 is 1.81 bits per heavy atom. The van der Waals surface area contributed by atoms with E-state index in [9.17, 15) is 4.79 Å². The van der Waals surface area contributed by atoms with Gasteiger partial charge >= 0.3 is 0 Å². The Hall–Kier alpha value is -2.53. The quantitative estimate of drug-likeness (QED) is 0.738. The number of anilines is 1. The summed E-state index contributed by atoms with van der Waals surface area (Å²) in [6, 6.07) is 16.1. The molecule has 0 saturated carbocycles. The molecule has 0 radical (unpaired) electrons. The number of carbonyl (C=O) groups is 1. The van der Waals surface area contributed by atoms with Crippen molar-refractivity contribution >= 4 is 40.3 Å². The molecule has 0 aliphatic carbocycles. The number of nitrogens with zero attached hydrogens (tertiary/aromatic N) is 3. The molecule has 2 aromatic rings. The second-order valence-electron chi connectivity index (χ2n) is 6.33. The molecular formula is C21H23N3OS. The summed E-state index contributed by atoms with van der Waals surface area (Å²) in [5.74, 6) is 0.0153. The lowest BCUT2D eigenvalue weighted by Crippen LogP contribution is -2.28. The second kappa shape index (κ2) is 7.79. The predicted molar refractivity (Wildman–Crippen MR) is 112 cm³/mol. The molecule has 0 aromatic heterocycles. The van der Waals surface area contributed by atoms with E-state index in [4.69, 9.17) is 4.99 Å². The molecule has 1 aliphatic rings. The van der Waals surface area contributed by atoms with Crippen molar-refractivity contribution in [3.05, 3.63) is 64.6 Å². The fourth-order valence-electron chi connectivity index (χ4n) is 2.68. The Bertz CT molecular complexity index is 869. The summed E-state index contributed by atoms with van der Waals surface area (Å²) in [7, 11) is 4.02. The molecule has 0 bridgehead atoms. The Kier molecular flexibility index (Phi) is 5.47. The maximum atomic E-state index is 12.7. The summed E-state index contributed by atoms with van der Waals surface area (Å²) in [4.78, 5) is 22.0. The topological polar surface area (TPSA) is 35.9 Å². The number of aliphatic imine (C=N–C) groups is 1. The lowest BCUT2D eigenvalue weighted by Gasteiger charge is -2.12. The van der Waals surface area contributed by atoms with Crippen LogP contribution in [0.4, 0.5) is 11.4 Å². The molecule has 0 unspecified atom stereocenters. The van der Waals surface area contributed by atoms with Crippen LogP contribution in [0, 0.1) is 6.92 Å². The molecule has 4 nitrogen and oxygen atoms in total. The predicted octanol–water partition coefficient (Wildman–Crippen LogP) is 4.68. The van der Waals surface area contributed by atoms with Crippen LogP contribution in [0.3, 0.4) is 0 Å². The molecule has 1 aliphatic heterocycles. The van der Waals surface area contributed by atoms with E-state index in [2.05, 4.69) is 17.0 Å². The SMILES string of the molecule is CCN1C(=O)/C(=C\c2ccc(N(C)C)cc2)SC1=Nc1ccccc1C. The number of thioether (sulfide) groups is 1. The third-order valence-electron chi connectivity index (χ3n) is 4.24. The number of aryl methyl sites for hydroxylation is 1. The summed E-state index contributed by atoms with van der Waals surface area (Å²) in [5, 5.41) is 0.739. The van der Waals surface area contributed by atoms with Gasteiger partial charge in [0.05, 0.1) is 10.6 Å². The van der Waals surface area contributed by atoms with Crippen molar-refractivity contribution in [2.45, 2.75) is 13.8 Å². The van der Waals surface area contributed by atoms with Crippen molar-refractivity contribution in [1.82, 2.24) is 4.90 Å². The number of amidine groups is 1. The first kappa shape index (κ1) is 18.3. The van der Waals surface area contributed by atoms with Crippen LogP contribution < -0.4 is 4.90 Å². The molecule has 1 fully saturated rings. The Balaban J connectivity index is 1.90. The van der Waals surface area contributed by atoms with Crippen LogP contribution in [0.25, 0.3) is 6.08 Å². The van der Waals surface area contributed by atoms with E-state index in [0.29, 0.717) is 11.4 Å². The highest BCUT2D eigenvalue weighted by Crippen LogP contribution is 2.34. The first-order valence-electron chi connectivity index (χ1n) is 8.62. The summed E-state index contributed by atoms with van der Waals surface area (Å²) >= 11 is 1.44. The normalized spacial score (nSPS) is 17.4. The molecule has 26 heavy (non-hydrogen) atoms. The van der Waals surface area contributed by atoms with E-state index in [-0.39, 0.29) is 5.91 Å². The minimum atomic E-state index is 0.0153. The van der Waals surface area contributed by atoms with E-state index >= 15 is 0 Å². The van der Waals surface area contributed by atoms with Crippen molar-refractivity contribution in [2.24, 2.45) is 4.99 Å². The van der Waals surface area contributed by atoms with Crippen molar-refractivity contribution in [3.63, 3.8) is 0 Å². The molecule has 1 saturated heterocycles. The van der Waals surface area contributed by atoms with Crippen LogP contribution in [0.5, 0.6) is 0 Å². The molecule has 1 heterocycles. The number of carbonyl (C=O) groups excluding carboxylic acids is 1. The third kappa shape index (κ3) is 3.83. The van der Waals surface area contributed by atoms with Gasteiger partial charge in [-0.25, -0.2) is 4.99 Å². The maximum absolute atomic E-state index is 12.7. The van der Waals surface area contributed by atoms with Crippen LogP contribution in [-0.2, 0) is 4.79 Å². The lowest BCUT2D eigenvalue weighted by atomic mass is 10.2. The van der Waals surface area contributed by atoms with Gasteiger partial charge in [0.2, 0.25) is 0 Å². The van der Waals surface area contributed by atoms with Gasteiger partial charge in [0.15, 0.2) is 5.17 Å². The van der Waals surface area contributed by atoms with Gasteiger partial charge in [0.1, 0.15) is 0 Å². The van der Waals surface area contributed by atoms with E-state index in [1.165, 1.54) is 11.8 Å². The Labute approximate surface area is 159 Å². The van der Waals surface area contributed by atoms with Gasteiger partial charge in [-0.3, -0.25) is 9.69 Å². The van der Waals surface area contributed by atoms with Crippen LogP contribution in [0.1, 0.15) is 18.1 Å². The number of likely N-dealkylation sites (N-methyl/N-ethyl adjacent to an activating group) is 1. The molecule has 0 spiro atoms. The summed E-state index contributed by atoms with van der Waals surface area (Å²) in [6.07, 6.45) is 1.94. The summed E-state index contributed by atoms with van der Waals surface area (Å²) in [5.41, 5.74) is 4.15. The highest BCUT2D eigenvalue weighted by atomic mass is 32.2. The average Bonchev–Trinajstić information content (AvgIpc) is 2.92. The van der Waals surface area contributed by atoms with E-state index in [0.717, 1.165) is 27.7 Å². The van der Waals surface area contributed by atoms with Gasteiger partial charge in [0.25, 0.3) is 5.91 Å². The van der Waals surface area contributed by atoms with Gasteiger partial charge in [-0.05, 0) is 61.0 Å². The highest BCUT2D eigenvalue weighted by molar-refractivity contribution is 8.18. The summed E-state index contributed by atoms with van der Waals surface area (Å²) < 4.78 is 0. The first-order valence-corrected chi connectivity index (χ1v) is 9.44. The zero-order chi connectivity index (χ0) is 18.7. The number of rotatable bonds is 4. The minimum absolute atomic E-state index is 0.0153. The maximum Gasteiger partial charge on any atom is 0.266 e. The number of hydrogen-bond donors (Lipinski definition) is 0. The number of hydrogen-bond acceptors (Lipinski definition) is 4. The molecular weight excluding hydrogens is 342 g/mol. The monoisotopic (exact) mass is 365 g/mol. The van der Waals surface area contributed by atoms with Crippen molar-refractivity contribution in [1.29, 1.82) is 0 Å². The van der Waals surface area contributed by atoms with Crippen molar-refractivity contribution < 1.29 is 4.79 Å². The van der Waals surface area contributed by atoms with Gasteiger partial charge in [0, 0.05) is 26.3 Å². The number of amides is 1. The lowest BCUT2D eigenvalue weighted by molar-refractivity contribution is -0.122. The fourth-order valence-corrected chi connectivity index (χ4v) is 3.74. The molecule has 3 rings (SSSR count).